The van der Waals surface area contributed by atoms with Crippen molar-refractivity contribution in [3.8, 4) is 5.69 Å². The Bertz CT molecular complexity index is 781. The van der Waals surface area contributed by atoms with E-state index in [1.54, 1.807) is 12.1 Å². The van der Waals surface area contributed by atoms with Crippen LogP contribution in [0.15, 0.2) is 42.5 Å². The van der Waals surface area contributed by atoms with Crippen molar-refractivity contribution in [1.29, 1.82) is 0 Å². The minimum atomic E-state index is -0.324. The third-order valence-electron chi connectivity index (χ3n) is 3.09. The van der Waals surface area contributed by atoms with E-state index in [4.69, 9.17) is 23.2 Å². The molecule has 0 radical (unpaired) electrons. The van der Waals surface area contributed by atoms with Crippen LogP contribution in [0.5, 0.6) is 0 Å². The van der Waals surface area contributed by atoms with Crippen LogP contribution in [0.1, 0.15) is 18.1 Å². The minimum Gasteiger partial charge on any atom is -0.294 e. The summed E-state index contributed by atoms with van der Waals surface area (Å²) in [5, 5.41) is 0.274. The summed E-state index contributed by atoms with van der Waals surface area (Å²) in [4.78, 5) is 4.42. The third kappa shape index (κ3) is 2.17. The van der Waals surface area contributed by atoms with Crippen LogP contribution in [0, 0.1) is 5.82 Å². The van der Waals surface area contributed by atoms with Crippen molar-refractivity contribution in [1.82, 2.24) is 9.55 Å². The second-order valence-electron chi connectivity index (χ2n) is 4.51. The number of fused-ring (bicyclic) bond motifs is 1. The summed E-state index contributed by atoms with van der Waals surface area (Å²) in [6.45, 7) is 1.83. The van der Waals surface area contributed by atoms with Crippen molar-refractivity contribution in [2.45, 2.75) is 12.3 Å². The number of imidazole rings is 1. The Balaban J connectivity index is 2.38. The van der Waals surface area contributed by atoms with Crippen molar-refractivity contribution < 1.29 is 4.39 Å². The number of para-hydroxylation sites is 1. The van der Waals surface area contributed by atoms with Gasteiger partial charge in [-0.3, -0.25) is 4.57 Å². The summed E-state index contributed by atoms with van der Waals surface area (Å²) in [5.41, 5.74) is 2.13. The summed E-state index contributed by atoms with van der Waals surface area (Å²) in [6.07, 6.45) is 0. The highest BCUT2D eigenvalue weighted by atomic mass is 35.5. The van der Waals surface area contributed by atoms with Crippen LogP contribution < -0.4 is 0 Å². The molecule has 0 saturated carbocycles. The molecule has 0 amide bonds. The van der Waals surface area contributed by atoms with Gasteiger partial charge in [0.2, 0.25) is 0 Å². The second-order valence-corrected chi connectivity index (χ2v) is 5.57. The quantitative estimate of drug-likeness (QED) is 0.601. The van der Waals surface area contributed by atoms with Crippen molar-refractivity contribution in [3.63, 3.8) is 0 Å². The zero-order chi connectivity index (χ0) is 14.3. The highest BCUT2D eigenvalue weighted by Gasteiger charge is 2.18. The monoisotopic (exact) mass is 308 g/mol. The normalized spacial score (nSPS) is 12.8. The number of alkyl halides is 1. The van der Waals surface area contributed by atoms with Crippen LogP contribution in [0.4, 0.5) is 4.39 Å². The largest absolute Gasteiger partial charge is 0.294 e. The van der Waals surface area contributed by atoms with Crippen LogP contribution >= 0.6 is 23.2 Å². The van der Waals surface area contributed by atoms with Gasteiger partial charge in [0.1, 0.15) is 11.6 Å². The van der Waals surface area contributed by atoms with Crippen LogP contribution in [0.25, 0.3) is 16.7 Å². The average molecular weight is 309 g/mol. The van der Waals surface area contributed by atoms with E-state index in [2.05, 4.69) is 4.98 Å². The van der Waals surface area contributed by atoms with Gasteiger partial charge in [0, 0.05) is 6.07 Å². The molecule has 5 heteroatoms. The molecule has 0 bridgehead atoms. The van der Waals surface area contributed by atoms with Crippen molar-refractivity contribution in [2.24, 2.45) is 0 Å². The molecule has 0 N–H and O–H groups in total. The first-order valence-corrected chi connectivity index (χ1v) is 6.96. The molecule has 1 unspecified atom stereocenters. The Morgan fingerprint density at radius 1 is 1.20 bits per heavy atom. The van der Waals surface area contributed by atoms with Crippen LogP contribution in [0.2, 0.25) is 5.02 Å². The van der Waals surface area contributed by atoms with E-state index >= 15 is 0 Å². The lowest BCUT2D eigenvalue weighted by molar-refractivity contribution is 0.629. The smallest absolute Gasteiger partial charge is 0.132 e. The van der Waals surface area contributed by atoms with Crippen molar-refractivity contribution >= 4 is 34.2 Å². The minimum absolute atomic E-state index is 0.318. The SMILES string of the molecule is CC(Cl)c1nc2cc(F)ccc2n1-c1ccccc1Cl. The number of nitrogens with zero attached hydrogens (tertiary/aromatic N) is 2. The van der Waals surface area contributed by atoms with Crippen LogP contribution in [-0.4, -0.2) is 9.55 Å². The highest BCUT2D eigenvalue weighted by molar-refractivity contribution is 6.32. The predicted octanol–water partition coefficient (Wildman–Crippen LogP) is 5.12. The van der Waals surface area contributed by atoms with Gasteiger partial charge in [0.25, 0.3) is 0 Å². The molecule has 0 spiro atoms. The van der Waals surface area contributed by atoms with E-state index in [-0.39, 0.29) is 11.2 Å². The summed E-state index contributed by atoms with van der Waals surface area (Å²) in [5.74, 6) is 0.315. The molecule has 1 atom stereocenters. The molecule has 3 rings (SSSR count). The highest BCUT2D eigenvalue weighted by Crippen LogP contribution is 2.31. The molecular formula is C15H11Cl2FN2. The molecular weight excluding hydrogens is 298 g/mol. The van der Waals surface area contributed by atoms with E-state index in [9.17, 15) is 4.39 Å². The summed E-state index contributed by atoms with van der Waals surface area (Å²) in [7, 11) is 0. The Morgan fingerprint density at radius 3 is 2.65 bits per heavy atom. The van der Waals surface area contributed by atoms with Crippen molar-refractivity contribution in [3.05, 3.63) is 59.1 Å². The molecule has 2 aromatic carbocycles. The molecule has 102 valence electrons. The maximum Gasteiger partial charge on any atom is 0.132 e. The number of rotatable bonds is 2. The summed E-state index contributed by atoms with van der Waals surface area (Å²) in [6, 6.07) is 11.9. The Morgan fingerprint density at radius 2 is 1.95 bits per heavy atom. The standard InChI is InChI=1S/C15H11Cl2FN2/c1-9(16)15-19-12-8-10(18)6-7-14(12)20(15)13-5-3-2-4-11(13)17/h2-9H,1H3. The molecule has 2 nitrogen and oxygen atoms in total. The van der Waals surface area contributed by atoms with E-state index in [0.29, 0.717) is 16.4 Å². The molecule has 0 aliphatic heterocycles. The van der Waals surface area contributed by atoms with Crippen molar-refractivity contribution in [2.75, 3.05) is 0 Å². The maximum atomic E-state index is 13.4. The Labute approximate surface area is 125 Å². The molecule has 0 aliphatic rings. The van der Waals surface area contributed by atoms with E-state index < -0.39 is 0 Å². The van der Waals surface area contributed by atoms with Crippen LogP contribution in [-0.2, 0) is 0 Å². The van der Waals surface area contributed by atoms with Gasteiger partial charge in [-0.15, -0.1) is 11.6 Å². The number of halogens is 3. The number of hydrogen-bond acceptors (Lipinski definition) is 1. The molecule has 1 heterocycles. The number of aromatic nitrogens is 2. The molecule has 0 saturated heterocycles. The summed E-state index contributed by atoms with van der Waals surface area (Å²) < 4.78 is 15.2. The average Bonchev–Trinajstić information content (AvgIpc) is 2.78. The fraction of sp³-hybridized carbons (Fsp3) is 0.133. The molecule has 1 aromatic heterocycles. The fourth-order valence-electron chi connectivity index (χ4n) is 2.23. The number of benzene rings is 2. The van der Waals surface area contributed by atoms with E-state index in [1.807, 2.05) is 29.7 Å². The molecule has 3 aromatic rings. The summed E-state index contributed by atoms with van der Waals surface area (Å²) >= 11 is 12.5. The van der Waals surface area contributed by atoms with Gasteiger partial charge >= 0.3 is 0 Å². The Kier molecular flexibility index (Phi) is 3.40. The van der Waals surface area contributed by atoms with E-state index in [0.717, 1.165) is 11.2 Å². The maximum absolute atomic E-state index is 13.4. The van der Waals surface area contributed by atoms with Gasteiger partial charge in [0.05, 0.1) is 27.1 Å². The first-order valence-electron chi connectivity index (χ1n) is 6.15. The van der Waals surface area contributed by atoms with Gasteiger partial charge in [-0.25, -0.2) is 9.37 Å². The Hall–Kier alpha value is -1.58. The van der Waals surface area contributed by atoms with Crippen LogP contribution in [0.3, 0.4) is 0 Å². The van der Waals surface area contributed by atoms with Gasteiger partial charge in [-0.1, -0.05) is 23.7 Å². The van der Waals surface area contributed by atoms with Gasteiger partial charge in [0.15, 0.2) is 0 Å². The zero-order valence-electron chi connectivity index (χ0n) is 10.6. The van der Waals surface area contributed by atoms with Gasteiger partial charge in [-0.05, 0) is 31.2 Å². The molecule has 20 heavy (non-hydrogen) atoms. The second kappa shape index (κ2) is 5.08. The van der Waals surface area contributed by atoms with E-state index in [1.165, 1.54) is 12.1 Å². The lowest BCUT2D eigenvalue weighted by atomic mass is 10.2. The van der Waals surface area contributed by atoms with Gasteiger partial charge < -0.3 is 0 Å². The fourth-order valence-corrected chi connectivity index (χ4v) is 2.59. The zero-order valence-corrected chi connectivity index (χ0v) is 12.2. The predicted molar refractivity (Wildman–Crippen MR) is 80.3 cm³/mol. The first-order chi connectivity index (χ1) is 9.58. The topological polar surface area (TPSA) is 17.8 Å². The molecule has 0 fully saturated rings. The first kappa shape index (κ1) is 13.4. The van der Waals surface area contributed by atoms with Gasteiger partial charge in [-0.2, -0.15) is 0 Å². The third-order valence-corrected chi connectivity index (χ3v) is 3.61. The molecule has 0 aliphatic carbocycles. The number of hydrogen-bond donors (Lipinski definition) is 0. The lowest BCUT2D eigenvalue weighted by Crippen LogP contribution is -2.02. The lowest BCUT2D eigenvalue weighted by Gasteiger charge is -2.12.